The van der Waals surface area contributed by atoms with E-state index in [0.717, 1.165) is 43.3 Å². The summed E-state index contributed by atoms with van der Waals surface area (Å²) in [5, 5.41) is 2.84. The first-order valence-electron chi connectivity index (χ1n) is 13.2. The van der Waals surface area contributed by atoms with Gasteiger partial charge in [0.2, 0.25) is 5.91 Å². The molecule has 0 unspecified atom stereocenters. The highest BCUT2D eigenvalue weighted by atomic mass is 32.1. The van der Waals surface area contributed by atoms with Gasteiger partial charge in [-0.2, -0.15) is 0 Å². The number of ketones is 1. The van der Waals surface area contributed by atoms with Gasteiger partial charge in [0.1, 0.15) is 31.0 Å². The van der Waals surface area contributed by atoms with E-state index >= 15 is 0 Å². The van der Waals surface area contributed by atoms with Crippen molar-refractivity contribution in [2.75, 3.05) is 39.5 Å². The summed E-state index contributed by atoms with van der Waals surface area (Å²) in [6, 6.07) is 9.79. The van der Waals surface area contributed by atoms with Crippen molar-refractivity contribution in [2.24, 2.45) is 5.92 Å². The Kier molecular flexibility index (Phi) is 8.23. The molecule has 3 saturated heterocycles. The van der Waals surface area contributed by atoms with Crippen LogP contribution in [0.15, 0.2) is 36.4 Å². The van der Waals surface area contributed by atoms with Crippen LogP contribution in [0.2, 0.25) is 0 Å². The third-order valence-electron chi connectivity index (χ3n) is 7.29. The Labute approximate surface area is 226 Å². The number of likely N-dealkylation sites (tertiary alicyclic amines) is 1. The van der Waals surface area contributed by atoms with E-state index in [1.807, 2.05) is 26.0 Å². The number of nitrogens with zero attached hydrogens (tertiary/aromatic N) is 2. The SMILES string of the molecule is CC(C)C[C@H](NC(=O)c1ccc(-c2ccc(CN3CCOCC3)s2)cc1)C(=O)N1C[C@H](F)[C@H]2OCC(=O)[C@H]21. The summed E-state index contributed by atoms with van der Waals surface area (Å²) < 4.78 is 25.1. The van der Waals surface area contributed by atoms with Crippen molar-refractivity contribution in [3.63, 3.8) is 0 Å². The van der Waals surface area contributed by atoms with Gasteiger partial charge in [0.25, 0.3) is 5.91 Å². The van der Waals surface area contributed by atoms with Crippen molar-refractivity contribution in [1.29, 1.82) is 0 Å². The number of morpholine rings is 1. The van der Waals surface area contributed by atoms with Crippen LogP contribution < -0.4 is 5.32 Å². The van der Waals surface area contributed by atoms with Gasteiger partial charge in [-0.15, -0.1) is 11.3 Å². The maximum absolute atomic E-state index is 14.4. The Morgan fingerprint density at radius 3 is 2.58 bits per heavy atom. The van der Waals surface area contributed by atoms with Crippen LogP contribution in [-0.2, 0) is 25.6 Å². The van der Waals surface area contributed by atoms with E-state index in [2.05, 4.69) is 22.3 Å². The first kappa shape index (κ1) is 26.9. The zero-order valence-corrected chi connectivity index (χ0v) is 22.5. The summed E-state index contributed by atoms with van der Waals surface area (Å²) >= 11 is 1.74. The number of rotatable bonds is 8. The molecule has 3 fully saturated rings. The van der Waals surface area contributed by atoms with Crippen molar-refractivity contribution >= 4 is 28.9 Å². The van der Waals surface area contributed by atoms with E-state index < -0.39 is 30.3 Å². The van der Waals surface area contributed by atoms with Crippen LogP contribution in [0.1, 0.15) is 35.5 Å². The summed E-state index contributed by atoms with van der Waals surface area (Å²) in [5.74, 6) is -1.01. The molecule has 204 valence electrons. The van der Waals surface area contributed by atoms with Crippen LogP contribution in [0.25, 0.3) is 10.4 Å². The monoisotopic (exact) mass is 543 g/mol. The molecule has 38 heavy (non-hydrogen) atoms. The second kappa shape index (κ2) is 11.6. The molecule has 5 rings (SSSR count). The number of hydrogen-bond donors (Lipinski definition) is 1. The van der Waals surface area contributed by atoms with Gasteiger partial charge in [-0.1, -0.05) is 26.0 Å². The number of amides is 2. The molecule has 1 aromatic heterocycles. The van der Waals surface area contributed by atoms with Crippen LogP contribution in [0.5, 0.6) is 0 Å². The van der Waals surface area contributed by atoms with Gasteiger partial charge in [0, 0.05) is 35.0 Å². The molecule has 2 aromatic rings. The summed E-state index contributed by atoms with van der Waals surface area (Å²) in [6.45, 7) is 7.83. The van der Waals surface area contributed by atoms with E-state index in [1.165, 1.54) is 9.78 Å². The fraction of sp³-hybridized carbons (Fsp3) is 0.536. The smallest absolute Gasteiger partial charge is 0.251 e. The zero-order chi connectivity index (χ0) is 26.8. The average molecular weight is 544 g/mol. The van der Waals surface area contributed by atoms with E-state index in [-0.39, 0.29) is 30.8 Å². The lowest BCUT2D eigenvalue weighted by atomic mass is 10.0. The first-order valence-corrected chi connectivity index (χ1v) is 14.0. The minimum Gasteiger partial charge on any atom is -0.379 e. The normalized spacial score (nSPS) is 24.6. The van der Waals surface area contributed by atoms with Crippen LogP contribution in [-0.4, -0.2) is 91.2 Å². The molecule has 10 heteroatoms. The van der Waals surface area contributed by atoms with E-state index in [9.17, 15) is 18.8 Å². The maximum Gasteiger partial charge on any atom is 0.251 e. The third-order valence-corrected chi connectivity index (χ3v) is 8.41. The fourth-order valence-corrected chi connectivity index (χ4v) is 6.40. The molecular formula is C28H34FN3O5S. The number of fused-ring (bicyclic) bond motifs is 1. The lowest BCUT2D eigenvalue weighted by Gasteiger charge is -2.28. The predicted octanol–water partition coefficient (Wildman–Crippen LogP) is 2.91. The number of carbonyl (C=O) groups is 3. The highest BCUT2D eigenvalue weighted by Crippen LogP contribution is 2.31. The number of hydrogen-bond acceptors (Lipinski definition) is 7. The number of alkyl halides is 1. The van der Waals surface area contributed by atoms with E-state index in [0.29, 0.717) is 12.0 Å². The number of thiophene rings is 1. The molecule has 1 aromatic carbocycles. The number of carbonyl (C=O) groups excluding carboxylic acids is 3. The topological polar surface area (TPSA) is 88.2 Å². The van der Waals surface area contributed by atoms with Crippen LogP contribution in [0.3, 0.4) is 0 Å². The second-order valence-electron chi connectivity index (χ2n) is 10.6. The standard InChI is InChI=1S/C28H34FN3O5S/c1-17(2)13-22(28(35)32-15-21(29)26-25(32)23(33)16-37-26)30-27(34)19-5-3-18(4-6-19)24-8-7-20(38-24)14-31-9-11-36-12-10-31/h3-8,17,21-22,25-26H,9-16H2,1-2H3,(H,30,34)/t21-,22-,25+,26+/m0/s1. The maximum atomic E-state index is 14.4. The van der Waals surface area contributed by atoms with Gasteiger partial charge in [0.05, 0.1) is 19.8 Å². The molecule has 3 aliphatic heterocycles. The van der Waals surface area contributed by atoms with Crippen LogP contribution in [0.4, 0.5) is 4.39 Å². The van der Waals surface area contributed by atoms with Crippen LogP contribution in [0, 0.1) is 5.92 Å². The molecule has 4 heterocycles. The predicted molar refractivity (Wildman–Crippen MR) is 142 cm³/mol. The molecule has 1 N–H and O–H groups in total. The highest BCUT2D eigenvalue weighted by Gasteiger charge is 2.53. The Bertz CT molecular complexity index is 1160. The van der Waals surface area contributed by atoms with Crippen LogP contribution >= 0.6 is 11.3 Å². The Balaban J connectivity index is 1.24. The van der Waals surface area contributed by atoms with Crippen molar-refractivity contribution in [2.45, 2.75) is 51.2 Å². The van der Waals surface area contributed by atoms with Gasteiger partial charge in [0.15, 0.2) is 5.78 Å². The van der Waals surface area contributed by atoms with Crippen molar-refractivity contribution in [3.8, 4) is 10.4 Å². The molecule has 8 nitrogen and oxygen atoms in total. The van der Waals surface area contributed by atoms with Gasteiger partial charge < -0.3 is 19.7 Å². The van der Waals surface area contributed by atoms with Gasteiger partial charge >= 0.3 is 0 Å². The Morgan fingerprint density at radius 1 is 1.13 bits per heavy atom. The minimum absolute atomic E-state index is 0.104. The zero-order valence-electron chi connectivity index (χ0n) is 21.7. The lowest BCUT2D eigenvalue weighted by molar-refractivity contribution is -0.138. The van der Waals surface area contributed by atoms with Crippen molar-refractivity contribution in [3.05, 3.63) is 46.8 Å². The molecule has 2 amide bonds. The van der Waals surface area contributed by atoms with Gasteiger partial charge in [-0.05, 0) is 42.2 Å². The average Bonchev–Trinajstić information content (AvgIpc) is 3.61. The molecule has 4 atom stereocenters. The minimum atomic E-state index is -1.41. The fourth-order valence-electron chi connectivity index (χ4n) is 5.34. The van der Waals surface area contributed by atoms with E-state index in [1.54, 1.807) is 23.5 Å². The van der Waals surface area contributed by atoms with Gasteiger partial charge in [-0.25, -0.2) is 4.39 Å². The number of Topliss-reactive ketones (excluding diaryl/α,β-unsaturated/α-hetero) is 1. The molecule has 0 bridgehead atoms. The summed E-state index contributed by atoms with van der Waals surface area (Å²) in [4.78, 5) is 44.8. The number of ether oxygens (including phenoxy) is 2. The molecule has 3 aliphatic rings. The van der Waals surface area contributed by atoms with Gasteiger partial charge in [-0.3, -0.25) is 19.3 Å². The first-order chi connectivity index (χ1) is 18.3. The number of benzene rings is 1. The Hall–Kier alpha value is -2.66. The largest absolute Gasteiger partial charge is 0.379 e. The summed E-state index contributed by atoms with van der Waals surface area (Å²) in [7, 11) is 0. The second-order valence-corrected chi connectivity index (χ2v) is 11.7. The molecule has 0 saturated carbocycles. The molecular weight excluding hydrogens is 509 g/mol. The van der Waals surface area contributed by atoms with Crippen molar-refractivity contribution < 1.29 is 28.2 Å². The lowest BCUT2D eigenvalue weighted by Crippen LogP contribution is -2.52. The summed E-state index contributed by atoms with van der Waals surface area (Å²) in [5.41, 5.74) is 1.45. The number of nitrogens with one attached hydrogen (secondary N) is 1. The quantitative estimate of drug-likeness (QED) is 0.551. The molecule has 0 spiro atoms. The van der Waals surface area contributed by atoms with Crippen molar-refractivity contribution in [1.82, 2.24) is 15.1 Å². The molecule has 0 radical (unpaired) electrons. The Morgan fingerprint density at radius 2 is 1.87 bits per heavy atom. The van der Waals surface area contributed by atoms with E-state index in [4.69, 9.17) is 9.47 Å². The number of halogens is 1. The third kappa shape index (κ3) is 5.83. The highest BCUT2D eigenvalue weighted by molar-refractivity contribution is 7.15. The molecule has 0 aliphatic carbocycles. The summed E-state index contributed by atoms with van der Waals surface area (Å²) in [6.07, 6.45) is -1.95.